The number of hydrogen-bond donors (Lipinski definition) is 1. The Morgan fingerprint density at radius 1 is 1.47 bits per heavy atom. The molecule has 0 amide bonds. The largest absolute Gasteiger partial charge is 0.447 e. The molecule has 2 aromatic rings. The van der Waals surface area contributed by atoms with Gasteiger partial charge < -0.3 is 9.73 Å². The Hall–Kier alpha value is -1.48. The second kappa shape index (κ2) is 4.36. The molecule has 0 aliphatic rings. The minimum atomic E-state index is 0.586. The van der Waals surface area contributed by atoms with Gasteiger partial charge in [0.05, 0.1) is 23.5 Å². The highest BCUT2D eigenvalue weighted by molar-refractivity contribution is 6.33. The van der Waals surface area contributed by atoms with Crippen LogP contribution in [0.2, 0.25) is 5.02 Å². The molecule has 0 bridgehead atoms. The van der Waals surface area contributed by atoms with Crippen LogP contribution in [0, 0.1) is 6.92 Å². The summed E-state index contributed by atoms with van der Waals surface area (Å²) in [6.07, 6.45) is 3.09. The smallest absolute Gasteiger partial charge is 0.180 e. The van der Waals surface area contributed by atoms with E-state index in [2.05, 4.69) is 10.3 Å². The highest BCUT2D eigenvalue weighted by Gasteiger charge is 2.01. The zero-order valence-electron chi connectivity index (χ0n) is 8.33. The number of nitrogens with zero attached hydrogens (tertiary/aromatic N) is 1. The number of halogens is 1. The third-order valence-corrected chi connectivity index (χ3v) is 2.39. The molecule has 1 N–H and O–H groups in total. The maximum Gasteiger partial charge on any atom is 0.180 e. The first-order chi connectivity index (χ1) is 7.25. The summed E-state index contributed by atoms with van der Waals surface area (Å²) in [5, 5.41) is 3.90. The van der Waals surface area contributed by atoms with Crippen LogP contribution >= 0.6 is 11.6 Å². The molecule has 78 valence electrons. The van der Waals surface area contributed by atoms with E-state index < -0.39 is 0 Å². The second-order valence-corrected chi connectivity index (χ2v) is 3.71. The molecule has 0 atom stereocenters. The summed E-state index contributed by atoms with van der Waals surface area (Å²) in [6.45, 7) is 2.61. The molecule has 2 rings (SSSR count). The van der Waals surface area contributed by atoms with Crippen LogP contribution in [0.25, 0.3) is 0 Å². The van der Waals surface area contributed by atoms with Crippen LogP contribution in [-0.4, -0.2) is 4.98 Å². The molecule has 0 unspecified atom stereocenters. The van der Waals surface area contributed by atoms with E-state index in [0.717, 1.165) is 11.4 Å². The van der Waals surface area contributed by atoms with E-state index >= 15 is 0 Å². The lowest BCUT2D eigenvalue weighted by molar-refractivity contribution is 0.512. The van der Waals surface area contributed by atoms with Gasteiger partial charge in [0.25, 0.3) is 0 Å². The monoisotopic (exact) mass is 222 g/mol. The second-order valence-electron chi connectivity index (χ2n) is 3.30. The van der Waals surface area contributed by atoms with Gasteiger partial charge in [-0.25, -0.2) is 4.98 Å². The van der Waals surface area contributed by atoms with Crippen LogP contribution in [-0.2, 0) is 6.54 Å². The van der Waals surface area contributed by atoms with Crippen molar-refractivity contribution in [1.82, 2.24) is 4.98 Å². The van der Waals surface area contributed by atoms with Gasteiger partial charge in [-0.1, -0.05) is 17.7 Å². The normalized spacial score (nSPS) is 10.3. The molecule has 15 heavy (non-hydrogen) atoms. The molecule has 0 spiro atoms. The summed E-state index contributed by atoms with van der Waals surface area (Å²) in [6, 6.07) is 5.85. The van der Waals surface area contributed by atoms with Crippen molar-refractivity contribution in [2.75, 3.05) is 5.32 Å². The van der Waals surface area contributed by atoms with Crippen molar-refractivity contribution in [3.8, 4) is 0 Å². The predicted molar refractivity (Wildman–Crippen MR) is 60.0 cm³/mol. The minimum absolute atomic E-state index is 0.586. The van der Waals surface area contributed by atoms with Crippen molar-refractivity contribution in [2.45, 2.75) is 13.5 Å². The molecule has 0 fully saturated rings. The fourth-order valence-corrected chi connectivity index (χ4v) is 1.47. The average Bonchev–Trinajstić information content (AvgIpc) is 2.72. The zero-order chi connectivity index (χ0) is 10.7. The van der Waals surface area contributed by atoms with Crippen LogP contribution in [0.15, 0.2) is 35.2 Å². The Kier molecular flexibility index (Phi) is 2.92. The first-order valence-corrected chi connectivity index (χ1v) is 5.01. The van der Waals surface area contributed by atoms with E-state index in [-0.39, 0.29) is 0 Å². The van der Waals surface area contributed by atoms with Crippen LogP contribution in [0.4, 0.5) is 5.69 Å². The van der Waals surface area contributed by atoms with E-state index in [4.69, 9.17) is 16.0 Å². The number of nitrogens with one attached hydrogen (secondary N) is 1. The van der Waals surface area contributed by atoms with E-state index in [1.807, 2.05) is 25.1 Å². The first kappa shape index (κ1) is 10.1. The van der Waals surface area contributed by atoms with Crippen LogP contribution in [0.3, 0.4) is 0 Å². The lowest BCUT2D eigenvalue weighted by Gasteiger charge is -2.07. The molecular weight excluding hydrogens is 212 g/mol. The Morgan fingerprint density at radius 3 is 3.07 bits per heavy atom. The van der Waals surface area contributed by atoms with E-state index in [0.29, 0.717) is 11.6 Å². The summed E-state index contributed by atoms with van der Waals surface area (Å²) in [5.41, 5.74) is 2.08. The van der Waals surface area contributed by atoms with Gasteiger partial charge in [-0.15, -0.1) is 0 Å². The first-order valence-electron chi connectivity index (χ1n) is 4.63. The van der Waals surface area contributed by atoms with Gasteiger partial charge in [0, 0.05) is 0 Å². The Labute approximate surface area is 93.1 Å². The number of benzene rings is 1. The topological polar surface area (TPSA) is 38.1 Å². The predicted octanol–water partition coefficient (Wildman–Crippen LogP) is 3.25. The van der Waals surface area contributed by atoms with Gasteiger partial charge in [-0.05, 0) is 24.6 Å². The number of aryl methyl sites for hydroxylation is 1. The molecule has 0 aliphatic heterocycles. The van der Waals surface area contributed by atoms with Gasteiger partial charge in [-0.3, -0.25) is 0 Å². The summed E-state index contributed by atoms with van der Waals surface area (Å²) in [5.74, 6) is 0.785. The van der Waals surface area contributed by atoms with Crippen molar-refractivity contribution >= 4 is 17.3 Å². The molecule has 4 heteroatoms. The highest BCUT2D eigenvalue weighted by Crippen LogP contribution is 2.23. The Bertz CT molecular complexity index is 440. The number of aromatic nitrogens is 1. The van der Waals surface area contributed by atoms with Crippen molar-refractivity contribution in [3.63, 3.8) is 0 Å². The molecule has 3 nitrogen and oxygen atoms in total. The fourth-order valence-electron chi connectivity index (χ4n) is 1.29. The molecule has 0 radical (unpaired) electrons. The van der Waals surface area contributed by atoms with Crippen LogP contribution < -0.4 is 5.32 Å². The summed E-state index contributed by atoms with van der Waals surface area (Å²) in [4.78, 5) is 3.83. The number of oxazole rings is 1. The maximum absolute atomic E-state index is 6.03. The summed E-state index contributed by atoms with van der Waals surface area (Å²) < 4.78 is 5.11. The molecule has 0 saturated carbocycles. The lowest BCUT2D eigenvalue weighted by atomic mass is 10.2. The fraction of sp³-hybridized carbons (Fsp3) is 0.182. The number of hydrogen-bond acceptors (Lipinski definition) is 3. The summed E-state index contributed by atoms with van der Waals surface area (Å²) in [7, 11) is 0. The van der Waals surface area contributed by atoms with Crippen LogP contribution in [0.1, 0.15) is 11.3 Å². The quantitative estimate of drug-likeness (QED) is 0.867. The highest BCUT2D eigenvalue weighted by atomic mass is 35.5. The molecule has 0 saturated heterocycles. The van der Waals surface area contributed by atoms with E-state index in [9.17, 15) is 0 Å². The van der Waals surface area contributed by atoms with Gasteiger partial charge in [0.2, 0.25) is 0 Å². The molecular formula is C11H11ClN2O. The third-order valence-electron chi connectivity index (χ3n) is 2.06. The van der Waals surface area contributed by atoms with Crippen molar-refractivity contribution in [1.29, 1.82) is 0 Å². The number of rotatable bonds is 3. The SMILES string of the molecule is Cc1ccc(Cl)c(NCc2cnco2)c1. The standard InChI is InChI=1S/C11H11ClN2O/c1-8-2-3-10(12)11(4-8)14-6-9-5-13-7-15-9/h2-5,7,14H,6H2,1H3. The lowest BCUT2D eigenvalue weighted by Crippen LogP contribution is -1.98. The zero-order valence-corrected chi connectivity index (χ0v) is 9.08. The molecule has 1 aromatic heterocycles. The Balaban J connectivity index is 2.07. The number of anilines is 1. The van der Waals surface area contributed by atoms with Gasteiger partial charge >= 0.3 is 0 Å². The van der Waals surface area contributed by atoms with E-state index in [1.54, 1.807) is 6.20 Å². The minimum Gasteiger partial charge on any atom is -0.447 e. The van der Waals surface area contributed by atoms with Gasteiger partial charge in [-0.2, -0.15) is 0 Å². The van der Waals surface area contributed by atoms with E-state index in [1.165, 1.54) is 12.0 Å². The molecule has 0 aliphatic carbocycles. The van der Waals surface area contributed by atoms with Crippen LogP contribution in [0.5, 0.6) is 0 Å². The molecule has 1 heterocycles. The van der Waals surface area contributed by atoms with Crippen molar-refractivity contribution in [2.24, 2.45) is 0 Å². The summed E-state index contributed by atoms with van der Waals surface area (Å²) >= 11 is 6.03. The van der Waals surface area contributed by atoms with Gasteiger partial charge in [0.15, 0.2) is 6.39 Å². The third kappa shape index (κ3) is 2.50. The maximum atomic E-state index is 6.03. The van der Waals surface area contributed by atoms with Crippen molar-refractivity contribution in [3.05, 3.63) is 47.1 Å². The van der Waals surface area contributed by atoms with Crippen molar-refractivity contribution < 1.29 is 4.42 Å². The molecule has 1 aromatic carbocycles. The van der Waals surface area contributed by atoms with Gasteiger partial charge in [0.1, 0.15) is 5.76 Å². The average molecular weight is 223 g/mol. The Morgan fingerprint density at radius 2 is 2.33 bits per heavy atom.